The van der Waals surface area contributed by atoms with Crippen LogP contribution < -0.4 is 5.73 Å². The number of halogens is 2. The molecule has 2 N–H and O–H groups in total. The normalized spacial score (nSPS) is 10.8. The predicted octanol–water partition coefficient (Wildman–Crippen LogP) is 3.43. The summed E-state index contributed by atoms with van der Waals surface area (Å²) in [7, 11) is 0. The molecule has 0 saturated heterocycles. The molecule has 0 fully saturated rings. The number of nitrogens with zero attached hydrogens (tertiary/aromatic N) is 1. The molecule has 0 saturated carbocycles. The van der Waals surface area contributed by atoms with Gasteiger partial charge in [0, 0.05) is 11.6 Å². The van der Waals surface area contributed by atoms with E-state index >= 15 is 0 Å². The third-order valence-corrected chi connectivity index (χ3v) is 2.97. The molecule has 0 aliphatic carbocycles. The number of pyridine rings is 1. The van der Waals surface area contributed by atoms with Crippen LogP contribution in [0.1, 0.15) is 5.56 Å². The predicted molar refractivity (Wildman–Crippen MR) is 60.9 cm³/mol. The number of anilines is 1. The summed E-state index contributed by atoms with van der Waals surface area (Å²) in [6, 6.07) is 3.56. The van der Waals surface area contributed by atoms with E-state index in [1.807, 2.05) is 13.0 Å². The van der Waals surface area contributed by atoms with Crippen molar-refractivity contribution in [3.8, 4) is 0 Å². The minimum Gasteiger partial charge on any atom is -0.396 e. The fraction of sp³-hybridized carbons (Fsp3) is 0.100. The van der Waals surface area contributed by atoms with Crippen molar-refractivity contribution in [2.75, 3.05) is 5.73 Å². The molecule has 4 heteroatoms. The van der Waals surface area contributed by atoms with E-state index < -0.39 is 0 Å². The molecule has 0 spiro atoms. The molecule has 1 heterocycles. The first-order valence-corrected chi connectivity index (χ1v) is 4.85. The lowest BCUT2D eigenvalue weighted by Gasteiger charge is -2.06. The van der Waals surface area contributed by atoms with Crippen LogP contribution in [0.3, 0.4) is 0 Å². The van der Waals surface area contributed by atoms with Crippen molar-refractivity contribution in [2.45, 2.75) is 6.92 Å². The van der Waals surface area contributed by atoms with Crippen LogP contribution in [0.5, 0.6) is 0 Å². The Kier molecular flexibility index (Phi) is 2.25. The lowest BCUT2D eigenvalue weighted by atomic mass is 10.1. The first-order valence-electron chi connectivity index (χ1n) is 4.10. The van der Waals surface area contributed by atoms with Crippen LogP contribution in [0.2, 0.25) is 10.0 Å². The van der Waals surface area contributed by atoms with Crippen LogP contribution in [-0.4, -0.2) is 4.98 Å². The Morgan fingerprint density at radius 3 is 2.71 bits per heavy atom. The van der Waals surface area contributed by atoms with Crippen molar-refractivity contribution in [3.63, 3.8) is 0 Å². The third kappa shape index (κ3) is 1.31. The van der Waals surface area contributed by atoms with Gasteiger partial charge in [0.15, 0.2) is 0 Å². The molecule has 2 nitrogen and oxygen atoms in total. The molecule has 2 aromatic rings. The van der Waals surface area contributed by atoms with E-state index in [9.17, 15) is 0 Å². The Morgan fingerprint density at radius 1 is 1.29 bits per heavy atom. The van der Waals surface area contributed by atoms with Gasteiger partial charge in [-0.05, 0) is 24.6 Å². The van der Waals surface area contributed by atoms with E-state index in [2.05, 4.69) is 4.98 Å². The second-order valence-corrected chi connectivity index (χ2v) is 3.90. The summed E-state index contributed by atoms with van der Waals surface area (Å²) in [5, 5.41) is 2.02. The van der Waals surface area contributed by atoms with Crippen LogP contribution in [-0.2, 0) is 0 Å². The Hall–Kier alpha value is -0.990. The van der Waals surface area contributed by atoms with E-state index in [0.717, 1.165) is 10.9 Å². The van der Waals surface area contributed by atoms with Gasteiger partial charge in [-0.1, -0.05) is 23.2 Å². The molecule has 0 bridgehead atoms. The molecule has 0 radical (unpaired) electrons. The zero-order valence-electron chi connectivity index (χ0n) is 7.51. The largest absolute Gasteiger partial charge is 0.396 e. The zero-order valence-corrected chi connectivity index (χ0v) is 9.02. The monoisotopic (exact) mass is 226 g/mol. The summed E-state index contributed by atoms with van der Waals surface area (Å²) in [5.41, 5.74) is 7.85. The molecule has 1 aromatic carbocycles. The lowest BCUT2D eigenvalue weighted by molar-refractivity contribution is 1.33. The van der Waals surface area contributed by atoms with Gasteiger partial charge >= 0.3 is 0 Å². The van der Waals surface area contributed by atoms with Crippen LogP contribution in [0.25, 0.3) is 10.9 Å². The van der Waals surface area contributed by atoms with Crippen molar-refractivity contribution in [3.05, 3.63) is 33.9 Å². The van der Waals surface area contributed by atoms with Gasteiger partial charge in [-0.2, -0.15) is 0 Å². The fourth-order valence-corrected chi connectivity index (χ4v) is 1.68. The quantitative estimate of drug-likeness (QED) is 0.700. The van der Waals surface area contributed by atoms with Gasteiger partial charge in [0.05, 0.1) is 21.2 Å². The molecule has 14 heavy (non-hydrogen) atoms. The molecular formula is C10H8Cl2N2. The summed E-state index contributed by atoms with van der Waals surface area (Å²) < 4.78 is 0. The van der Waals surface area contributed by atoms with Gasteiger partial charge < -0.3 is 5.73 Å². The van der Waals surface area contributed by atoms with Gasteiger partial charge in [0.25, 0.3) is 0 Å². The minimum atomic E-state index is 0.478. The highest BCUT2D eigenvalue weighted by molar-refractivity contribution is 6.38. The maximum Gasteiger partial charge on any atom is 0.0961 e. The SMILES string of the molecule is Cc1cnc2c(N)c(Cl)ccc2c1Cl. The van der Waals surface area contributed by atoms with Crippen LogP contribution in [0, 0.1) is 6.92 Å². The Bertz CT molecular complexity index is 462. The van der Waals surface area contributed by atoms with Crippen molar-refractivity contribution < 1.29 is 0 Å². The number of fused-ring (bicyclic) bond motifs is 1. The average molecular weight is 227 g/mol. The zero-order chi connectivity index (χ0) is 10.3. The second-order valence-electron chi connectivity index (χ2n) is 3.11. The number of nitrogen functional groups attached to an aromatic ring is 1. The molecular weight excluding hydrogens is 219 g/mol. The number of hydrogen-bond acceptors (Lipinski definition) is 2. The van der Waals surface area contributed by atoms with E-state index in [1.54, 1.807) is 12.3 Å². The van der Waals surface area contributed by atoms with Gasteiger partial charge in [-0.3, -0.25) is 4.98 Å². The first kappa shape index (κ1) is 9.56. The van der Waals surface area contributed by atoms with Crippen LogP contribution >= 0.6 is 23.2 Å². The molecule has 0 unspecified atom stereocenters. The highest BCUT2D eigenvalue weighted by Gasteiger charge is 2.08. The highest BCUT2D eigenvalue weighted by atomic mass is 35.5. The molecule has 0 aliphatic rings. The number of benzene rings is 1. The minimum absolute atomic E-state index is 0.478. The molecule has 2 rings (SSSR count). The molecule has 1 aromatic heterocycles. The number of aromatic nitrogens is 1. The number of nitrogens with two attached hydrogens (primary N) is 1. The summed E-state index contributed by atoms with van der Waals surface area (Å²) in [5.74, 6) is 0. The van der Waals surface area contributed by atoms with E-state index in [0.29, 0.717) is 21.2 Å². The molecule has 0 amide bonds. The average Bonchev–Trinajstić information content (AvgIpc) is 2.17. The Balaban J connectivity index is 2.94. The highest BCUT2D eigenvalue weighted by Crippen LogP contribution is 2.32. The summed E-state index contributed by atoms with van der Waals surface area (Å²) in [6.07, 6.45) is 1.69. The lowest BCUT2D eigenvalue weighted by Crippen LogP contribution is -1.92. The molecule has 72 valence electrons. The van der Waals surface area contributed by atoms with Gasteiger partial charge in [0.2, 0.25) is 0 Å². The van der Waals surface area contributed by atoms with Gasteiger partial charge in [-0.25, -0.2) is 0 Å². The van der Waals surface area contributed by atoms with E-state index in [1.165, 1.54) is 0 Å². The number of aryl methyl sites for hydroxylation is 1. The van der Waals surface area contributed by atoms with Crippen LogP contribution in [0.15, 0.2) is 18.3 Å². The van der Waals surface area contributed by atoms with Crippen molar-refractivity contribution in [1.82, 2.24) is 4.98 Å². The topological polar surface area (TPSA) is 38.9 Å². The van der Waals surface area contributed by atoms with Gasteiger partial charge in [-0.15, -0.1) is 0 Å². The Morgan fingerprint density at radius 2 is 2.00 bits per heavy atom. The van der Waals surface area contributed by atoms with E-state index in [-0.39, 0.29) is 0 Å². The standard InChI is InChI=1S/C10H8Cl2N2/c1-5-4-14-10-6(8(5)12)2-3-7(11)9(10)13/h2-4H,13H2,1H3. The summed E-state index contributed by atoms with van der Waals surface area (Å²) >= 11 is 12.0. The number of hydrogen-bond donors (Lipinski definition) is 1. The summed E-state index contributed by atoms with van der Waals surface area (Å²) in [6.45, 7) is 1.90. The third-order valence-electron chi connectivity index (χ3n) is 2.13. The smallest absolute Gasteiger partial charge is 0.0961 e. The van der Waals surface area contributed by atoms with Crippen LogP contribution in [0.4, 0.5) is 5.69 Å². The number of rotatable bonds is 0. The van der Waals surface area contributed by atoms with Crippen molar-refractivity contribution >= 4 is 39.8 Å². The van der Waals surface area contributed by atoms with Gasteiger partial charge in [0.1, 0.15) is 0 Å². The first-order chi connectivity index (χ1) is 6.61. The second kappa shape index (κ2) is 3.30. The maximum absolute atomic E-state index is 6.11. The molecule has 0 aliphatic heterocycles. The molecule has 0 atom stereocenters. The summed E-state index contributed by atoms with van der Waals surface area (Å²) in [4.78, 5) is 4.21. The van der Waals surface area contributed by atoms with Crippen molar-refractivity contribution in [1.29, 1.82) is 0 Å². The van der Waals surface area contributed by atoms with E-state index in [4.69, 9.17) is 28.9 Å². The van der Waals surface area contributed by atoms with Crippen molar-refractivity contribution in [2.24, 2.45) is 0 Å². The maximum atomic E-state index is 6.11. The fourth-order valence-electron chi connectivity index (χ4n) is 1.33. The Labute approximate surface area is 91.6 Å².